The molecule has 0 radical (unpaired) electrons. The molecule has 1 amide bonds. The largest absolute Gasteiger partial charge is 0.465 e. The average molecular weight is 934 g/mol. The maximum atomic E-state index is 15.0. The SMILES string of the molecule is CCOP(=O)(OCC)C(COCCOC)(COCc1nnnn1COCC[Si](C)(C)C)OC[C@H]1O[C@@H](n2ncc3c(N(C(=O)O)C4CCCC4)nc(Cl)nc32)[C@@H]2OC(C)(C)O[C@@H]21. The van der Waals surface area contributed by atoms with E-state index in [0.717, 1.165) is 18.9 Å². The number of carboxylic acid groups (broad SMARTS) is 1. The highest BCUT2D eigenvalue weighted by Gasteiger charge is 2.59. The highest BCUT2D eigenvalue weighted by atomic mass is 35.5. The number of amides is 1. The van der Waals surface area contributed by atoms with Gasteiger partial charge in [0.1, 0.15) is 31.6 Å². The van der Waals surface area contributed by atoms with Crippen molar-refractivity contribution in [2.24, 2.45) is 0 Å². The Morgan fingerprint density at radius 1 is 1.05 bits per heavy atom. The van der Waals surface area contributed by atoms with Gasteiger partial charge in [0.2, 0.25) is 10.6 Å². The Hall–Kier alpha value is -2.77. The van der Waals surface area contributed by atoms with Gasteiger partial charge in [0.05, 0.1) is 57.8 Å². The van der Waals surface area contributed by atoms with Crippen molar-refractivity contribution in [2.45, 2.75) is 134 Å². The third-order valence-corrected chi connectivity index (χ3v) is 15.1. The molecule has 5 heterocycles. The van der Waals surface area contributed by atoms with Crippen molar-refractivity contribution in [1.29, 1.82) is 0 Å². The van der Waals surface area contributed by atoms with E-state index in [1.807, 2.05) is 0 Å². The molecule has 348 valence electrons. The lowest BCUT2D eigenvalue weighted by Gasteiger charge is -2.39. The topological polar surface area (TPSA) is 237 Å². The van der Waals surface area contributed by atoms with Crippen LogP contribution in [0.15, 0.2) is 6.20 Å². The number of hydrogen-bond donors (Lipinski definition) is 1. The van der Waals surface area contributed by atoms with Crippen LogP contribution in [0.25, 0.3) is 11.0 Å². The molecule has 0 bridgehead atoms. The summed E-state index contributed by atoms with van der Waals surface area (Å²) in [5.41, 5.74) is 0.234. The number of ether oxygens (including phenoxy) is 8. The summed E-state index contributed by atoms with van der Waals surface area (Å²) < 4.78 is 79.4. The Morgan fingerprint density at radius 3 is 2.44 bits per heavy atom. The molecule has 3 aromatic heterocycles. The third kappa shape index (κ3) is 11.4. The van der Waals surface area contributed by atoms with Gasteiger partial charge < -0.3 is 52.0 Å². The van der Waals surface area contributed by atoms with Crippen molar-refractivity contribution < 1.29 is 61.4 Å². The zero-order valence-corrected chi connectivity index (χ0v) is 39.4. The number of tetrazole rings is 1. The minimum absolute atomic E-state index is 0.0180. The molecule has 2 aliphatic heterocycles. The number of rotatable bonds is 25. The van der Waals surface area contributed by atoms with Gasteiger partial charge in [-0.15, -0.1) is 5.10 Å². The summed E-state index contributed by atoms with van der Waals surface area (Å²) in [6, 6.07) is 0.705. The molecule has 0 spiro atoms. The lowest BCUT2D eigenvalue weighted by atomic mass is 10.1. The fourth-order valence-electron chi connectivity index (χ4n) is 7.67. The first-order chi connectivity index (χ1) is 29.5. The van der Waals surface area contributed by atoms with Gasteiger partial charge in [0, 0.05) is 27.8 Å². The molecule has 1 N–H and O–H groups in total. The molecule has 1 aliphatic carbocycles. The molecule has 62 heavy (non-hydrogen) atoms. The van der Waals surface area contributed by atoms with Crippen LogP contribution in [0, 0.1) is 0 Å². The van der Waals surface area contributed by atoms with E-state index in [0.29, 0.717) is 30.7 Å². The fraction of sp³-hybridized carbons (Fsp3) is 0.811. The van der Waals surface area contributed by atoms with Gasteiger partial charge >= 0.3 is 13.7 Å². The number of methoxy groups -OCH3 is 1. The lowest BCUT2D eigenvalue weighted by Crippen LogP contribution is -2.47. The number of fused-ring (bicyclic) bond motifs is 2. The van der Waals surface area contributed by atoms with Crippen LogP contribution in [-0.4, -0.2) is 155 Å². The van der Waals surface area contributed by atoms with Crippen molar-refractivity contribution in [3.05, 3.63) is 17.3 Å². The number of hydrogen-bond acceptors (Lipinski definition) is 18. The third-order valence-electron chi connectivity index (χ3n) is 10.6. The van der Waals surface area contributed by atoms with Crippen molar-refractivity contribution in [1.82, 2.24) is 40.0 Å². The first-order valence-electron chi connectivity index (χ1n) is 21.0. The monoisotopic (exact) mass is 933 g/mol. The van der Waals surface area contributed by atoms with E-state index in [2.05, 4.69) is 50.2 Å². The van der Waals surface area contributed by atoms with E-state index in [-0.39, 0.29) is 82.4 Å². The average Bonchev–Trinajstić information content (AvgIpc) is 4.05. The van der Waals surface area contributed by atoms with E-state index < -0.39 is 57.4 Å². The van der Waals surface area contributed by atoms with E-state index >= 15 is 4.57 Å². The standard InChI is InChI=1S/C37H61ClN9O13PSi/c1-9-56-61(50,57-10-2)37(22-52-16-15-51-5,23-54-21-28-42-43-44-45(28)24-53-17-18-62(6,7)8)55-20-27-29-30(60-36(3,4)59-29)33(58-27)47-32-26(19-39-47)31(40-34(38)41-32)46(35(48)49)25-13-11-12-14-25/h19,25,27,29-30,33H,9-18,20-24H2,1-8H3,(H,48,49)/t27-,29-,30-,33-,37?/m1/s1. The summed E-state index contributed by atoms with van der Waals surface area (Å²) in [6.45, 7) is 13.8. The molecule has 5 atom stereocenters. The molecule has 6 rings (SSSR count). The number of nitrogens with zero attached hydrogens (tertiary/aromatic N) is 9. The zero-order chi connectivity index (χ0) is 44.7. The minimum Gasteiger partial charge on any atom is -0.465 e. The molecular weight excluding hydrogens is 873 g/mol. The smallest absolute Gasteiger partial charge is 0.413 e. The molecule has 0 aromatic carbocycles. The van der Waals surface area contributed by atoms with Crippen LogP contribution in [-0.2, 0) is 64.8 Å². The maximum Gasteiger partial charge on any atom is 0.413 e. The van der Waals surface area contributed by atoms with Crippen LogP contribution in [0.3, 0.4) is 0 Å². The second-order valence-electron chi connectivity index (χ2n) is 16.9. The zero-order valence-electron chi connectivity index (χ0n) is 36.8. The summed E-state index contributed by atoms with van der Waals surface area (Å²) in [6.07, 6.45) is 0.195. The van der Waals surface area contributed by atoms with Gasteiger partial charge in [-0.2, -0.15) is 15.1 Å². The molecule has 3 fully saturated rings. The van der Waals surface area contributed by atoms with Crippen LogP contribution in [0.1, 0.15) is 65.4 Å². The maximum absolute atomic E-state index is 15.0. The summed E-state index contributed by atoms with van der Waals surface area (Å²) in [5.74, 6) is -0.559. The van der Waals surface area contributed by atoms with Gasteiger partial charge in [0.25, 0.3) is 0 Å². The highest BCUT2D eigenvalue weighted by molar-refractivity contribution is 7.55. The molecule has 1 saturated carbocycles. The Morgan fingerprint density at radius 2 is 1.76 bits per heavy atom. The number of carbonyl (C=O) groups is 1. The van der Waals surface area contributed by atoms with Gasteiger partial charge in [-0.3, -0.25) is 9.46 Å². The molecule has 22 nitrogen and oxygen atoms in total. The molecule has 2 saturated heterocycles. The normalized spacial score (nSPS) is 22.7. The van der Waals surface area contributed by atoms with Crippen LogP contribution in [0.5, 0.6) is 0 Å². The molecular formula is C37H61ClN9O13PSi. The van der Waals surface area contributed by atoms with Crippen molar-refractivity contribution in [3.8, 4) is 0 Å². The molecule has 3 aliphatic rings. The summed E-state index contributed by atoms with van der Waals surface area (Å²) in [5, 5.41) is 25.3. The summed E-state index contributed by atoms with van der Waals surface area (Å²) in [4.78, 5) is 22.7. The van der Waals surface area contributed by atoms with Crippen LogP contribution in [0.2, 0.25) is 31.0 Å². The lowest BCUT2D eigenvalue weighted by molar-refractivity contribution is -0.209. The summed E-state index contributed by atoms with van der Waals surface area (Å²) in [7, 11) is -4.00. The van der Waals surface area contributed by atoms with Gasteiger partial charge in [-0.1, -0.05) is 32.5 Å². The second kappa shape index (κ2) is 21.0. The second-order valence-corrected chi connectivity index (χ2v) is 25.2. The molecule has 25 heteroatoms. The predicted molar refractivity (Wildman–Crippen MR) is 225 cm³/mol. The van der Waals surface area contributed by atoms with Crippen molar-refractivity contribution in [2.75, 3.05) is 64.9 Å². The van der Waals surface area contributed by atoms with Crippen LogP contribution >= 0.6 is 19.2 Å². The van der Waals surface area contributed by atoms with E-state index in [1.165, 1.54) is 27.6 Å². The number of anilines is 1. The Bertz CT molecular complexity index is 1980. The van der Waals surface area contributed by atoms with E-state index in [1.54, 1.807) is 27.7 Å². The Kier molecular flexibility index (Phi) is 16.5. The van der Waals surface area contributed by atoms with E-state index in [9.17, 15) is 9.90 Å². The quantitative estimate of drug-likeness (QED) is 0.0479. The number of aromatic nitrogens is 8. The van der Waals surface area contributed by atoms with Gasteiger partial charge in [0.15, 0.2) is 29.3 Å². The molecule has 1 unspecified atom stereocenters. The summed E-state index contributed by atoms with van der Waals surface area (Å²) >= 11 is 6.48. The van der Waals surface area contributed by atoms with Crippen molar-refractivity contribution in [3.63, 3.8) is 0 Å². The Labute approximate surface area is 366 Å². The minimum atomic E-state index is -4.23. The molecule has 3 aromatic rings. The van der Waals surface area contributed by atoms with Crippen LogP contribution < -0.4 is 4.90 Å². The fourth-order valence-corrected chi connectivity index (χ4v) is 10.5. The number of halogens is 1. The predicted octanol–water partition coefficient (Wildman–Crippen LogP) is 5.48. The van der Waals surface area contributed by atoms with Gasteiger partial charge in [-0.05, 0) is 68.6 Å². The van der Waals surface area contributed by atoms with Gasteiger partial charge in [-0.25, -0.2) is 14.2 Å². The first-order valence-corrected chi connectivity index (χ1v) is 26.6. The van der Waals surface area contributed by atoms with E-state index in [4.69, 9.17) is 58.5 Å². The Balaban J connectivity index is 1.28. The highest BCUT2D eigenvalue weighted by Crippen LogP contribution is 2.61. The van der Waals surface area contributed by atoms with Crippen molar-refractivity contribution >= 4 is 50.2 Å². The first kappa shape index (κ1) is 48.7. The van der Waals surface area contributed by atoms with Crippen LogP contribution in [0.4, 0.5) is 10.6 Å².